The Labute approximate surface area is 272 Å². The number of benzene rings is 4. The van der Waals surface area contributed by atoms with E-state index in [9.17, 15) is 14.6 Å². The molecule has 0 amide bonds. The first-order valence-electron chi connectivity index (χ1n) is 15.6. The third-order valence-corrected chi connectivity index (χ3v) is 8.83. The summed E-state index contributed by atoms with van der Waals surface area (Å²) in [7, 11) is 1.87. The van der Waals surface area contributed by atoms with Gasteiger partial charge in [0.25, 0.3) is 0 Å². The predicted octanol–water partition coefficient (Wildman–Crippen LogP) is 4.90. The molecule has 3 heterocycles. The molecular weight excluding hydrogens is 597 g/mol. The maximum absolute atomic E-state index is 13.8. The molecule has 2 aliphatic heterocycles. The van der Waals surface area contributed by atoms with Crippen LogP contribution in [0.3, 0.4) is 0 Å². The summed E-state index contributed by atoms with van der Waals surface area (Å²) in [6.45, 7) is 0.696. The Morgan fingerprint density at radius 3 is 2.09 bits per heavy atom. The number of hydrogen-bond donors (Lipinski definition) is 3. The number of aliphatic hydroxyl groups excluding tert-OH is 2. The third-order valence-electron chi connectivity index (χ3n) is 8.83. The average Bonchev–Trinajstić information content (AvgIpc) is 3.66. The third kappa shape index (κ3) is 5.81. The second kappa shape index (κ2) is 13.1. The molecule has 0 bridgehead atoms. The van der Waals surface area contributed by atoms with Gasteiger partial charge in [0, 0.05) is 13.6 Å². The lowest BCUT2D eigenvalue weighted by molar-refractivity contribution is -0.0821. The summed E-state index contributed by atoms with van der Waals surface area (Å²) in [4.78, 5) is 12.7. The van der Waals surface area contributed by atoms with Gasteiger partial charge in [-0.25, -0.2) is 14.4 Å². The van der Waals surface area contributed by atoms with Crippen molar-refractivity contribution in [1.82, 2.24) is 9.97 Å². The zero-order valence-electron chi connectivity index (χ0n) is 25.9. The molecule has 0 radical (unpaired) electrons. The van der Waals surface area contributed by atoms with E-state index >= 15 is 0 Å². The van der Waals surface area contributed by atoms with Crippen LogP contribution in [0, 0.1) is 5.82 Å². The van der Waals surface area contributed by atoms with Gasteiger partial charge in [-0.15, -0.1) is 0 Å². The number of nitrogens with zero attached hydrogens (tertiary/aromatic N) is 4. The lowest BCUT2D eigenvalue weighted by atomic mass is 9.80. The first-order chi connectivity index (χ1) is 23.0. The zero-order chi connectivity index (χ0) is 32.4. The molecule has 10 heteroatoms. The largest absolute Gasteiger partial charge is 0.387 e. The van der Waals surface area contributed by atoms with Crippen molar-refractivity contribution in [3.63, 3.8) is 0 Å². The molecule has 0 aliphatic carbocycles. The molecule has 0 saturated carbocycles. The molecule has 7 rings (SSSR count). The zero-order valence-corrected chi connectivity index (χ0v) is 25.9. The van der Waals surface area contributed by atoms with Gasteiger partial charge in [0.05, 0.1) is 13.3 Å². The van der Waals surface area contributed by atoms with Gasteiger partial charge in [-0.2, -0.15) is 0 Å². The Balaban J connectivity index is 1.15. The highest BCUT2D eigenvalue weighted by Gasteiger charge is 2.49. The SMILES string of the molecule is CN(Cc1cccc(F)c1)c1ncnc2c1NCN2[C@@H]1O[C@H](COC(c2ccccc2)(c2ccccc2)c2ccccc2)[C@@H](O)[C@H]1O. The van der Waals surface area contributed by atoms with Crippen LogP contribution in [0.5, 0.6) is 0 Å². The van der Waals surface area contributed by atoms with E-state index in [1.165, 1.54) is 18.5 Å². The van der Waals surface area contributed by atoms with Crippen LogP contribution in [-0.2, 0) is 21.6 Å². The summed E-state index contributed by atoms with van der Waals surface area (Å²) < 4.78 is 27.1. The fourth-order valence-electron chi connectivity index (χ4n) is 6.57. The number of anilines is 3. The van der Waals surface area contributed by atoms with Crippen LogP contribution in [-0.4, -0.2) is 65.0 Å². The van der Waals surface area contributed by atoms with Gasteiger partial charge < -0.3 is 34.8 Å². The van der Waals surface area contributed by atoms with Crippen molar-refractivity contribution in [2.24, 2.45) is 0 Å². The van der Waals surface area contributed by atoms with Gasteiger partial charge in [-0.1, -0.05) is 103 Å². The number of ether oxygens (including phenoxy) is 2. The molecule has 4 atom stereocenters. The maximum atomic E-state index is 13.8. The van der Waals surface area contributed by atoms with E-state index in [2.05, 4.69) is 15.3 Å². The second-order valence-corrected chi connectivity index (χ2v) is 11.8. The number of aromatic nitrogens is 2. The van der Waals surface area contributed by atoms with E-state index < -0.39 is 30.1 Å². The normalized spacial score (nSPS) is 20.6. The topological polar surface area (TPSA) is 103 Å². The van der Waals surface area contributed by atoms with E-state index in [0.717, 1.165) is 22.3 Å². The van der Waals surface area contributed by atoms with Gasteiger partial charge >= 0.3 is 0 Å². The van der Waals surface area contributed by atoms with Crippen LogP contribution in [0.25, 0.3) is 0 Å². The fourth-order valence-corrected chi connectivity index (χ4v) is 6.57. The van der Waals surface area contributed by atoms with E-state index in [4.69, 9.17) is 9.47 Å². The number of rotatable bonds is 10. The molecule has 2 aliphatic rings. The molecule has 47 heavy (non-hydrogen) atoms. The van der Waals surface area contributed by atoms with Gasteiger partial charge in [0.15, 0.2) is 17.9 Å². The fraction of sp³-hybridized carbons (Fsp3) is 0.243. The first kappa shape index (κ1) is 30.8. The molecule has 1 aromatic heterocycles. The van der Waals surface area contributed by atoms with Crippen molar-refractivity contribution in [3.8, 4) is 0 Å². The Hall–Kier alpha value is -4.87. The quantitative estimate of drug-likeness (QED) is 0.186. The predicted molar refractivity (Wildman–Crippen MR) is 177 cm³/mol. The highest BCUT2D eigenvalue weighted by molar-refractivity contribution is 5.82. The molecule has 3 N–H and O–H groups in total. The maximum Gasteiger partial charge on any atom is 0.162 e. The van der Waals surface area contributed by atoms with Crippen molar-refractivity contribution in [2.45, 2.75) is 36.7 Å². The first-order valence-corrected chi connectivity index (χ1v) is 15.6. The van der Waals surface area contributed by atoms with E-state index in [0.29, 0.717) is 23.9 Å². The Morgan fingerprint density at radius 1 is 0.872 bits per heavy atom. The average molecular weight is 634 g/mol. The molecule has 5 aromatic rings. The van der Waals surface area contributed by atoms with Crippen LogP contribution in [0.15, 0.2) is 122 Å². The van der Waals surface area contributed by atoms with Crippen LogP contribution in [0.4, 0.5) is 21.7 Å². The highest BCUT2D eigenvalue weighted by Crippen LogP contribution is 2.43. The van der Waals surface area contributed by atoms with Crippen LogP contribution < -0.4 is 15.1 Å². The van der Waals surface area contributed by atoms with Gasteiger partial charge in [-0.05, 0) is 34.4 Å². The molecule has 1 fully saturated rings. The molecule has 1 saturated heterocycles. The summed E-state index contributed by atoms with van der Waals surface area (Å²) in [6.07, 6.45) is -2.75. The van der Waals surface area contributed by atoms with Crippen molar-refractivity contribution >= 4 is 17.3 Å². The number of nitrogens with one attached hydrogen (secondary N) is 1. The van der Waals surface area contributed by atoms with Crippen molar-refractivity contribution < 1.29 is 24.1 Å². The number of fused-ring (bicyclic) bond motifs is 1. The Morgan fingerprint density at radius 2 is 1.49 bits per heavy atom. The Bertz CT molecular complexity index is 1700. The second-order valence-electron chi connectivity index (χ2n) is 11.8. The highest BCUT2D eigenvalue weighted by atomic mass is 19.1. The summed E-state index contributed by atoms with van der Waals surface area (Å²) in [6, 6.07) is 36.3. The van der Waals surface area contributed by atoms with E-state index in [1.54, 1.807) is 11.0 Å². The summed E-state index contributed by atoms with van der Waals surface area (Å²) in [5.41, 5.74) is 3.22. The van der Waals surface area contributed by atoms with Crippen molar-refractivity contribution in [2.75, 3.05) is 35.4 Å². The number of aliphatic hydroxyl groups is 2. The minimum atomic E-state index is -1.24. The van der Waals surface area contributed by atoms with Crippen molar-refractivity contribution in [1.29, 1.82) is 0 Å². The van der Waals surface area contributed by atoms with E-state index in [-0.39, 0.29) is 19.1 Å². The summed E-state index contributed by atoms with van der Waals surface area (Å²) >= 11 is 0. The van der Waals surface area contributed by atoms with Gasteiger partial charge in [0.1, 0.15) is 41.7 Å². The smallest absolute Gasteiger partial charge is 0.162 e. The molecule has 4 aromatic carbocycles. The van der Waals surface area contributed by atoms with Gasteiger partial charge in [0.2, 0.25) is 0 Å². The van der Waals surface area contributed by atoms with E-state index in [1.807, 2.05) is 109 Å². The molecule has 9 nitrogen and oxygen atoms in total. The van der Waals surface area contributed by atoms with Crippen molar-refractivity contribution in [3.05, 3.63) is 150 Å². The van der Waals surface area contributed by atoms with Gasteiger partial charge in [-0.3, -0.25) is 0 Å². The minimum Gasteiger partial charge on any atom is -0.387 e. The monoisotopic (exact) mass is 633 g/mol. The minimum absolute atomic E-state index is 0.00701. The Kier molecular flexibility index (Phi) is 8.57. The summed E-state index contributed by atoms with van der Waals surface area (Å²) in [5, 5.41) is 25.9. The number of halogens is 1. The van der Waals surface area contributed by atoms with Crippen LogP contribution in [0.1, 0.15) is 22.3 Å². The summed E-state index contributed by atoms with van der Waals surface area (Å²) in [5.74, 6) is 0.852. The lowest BCUT2D eigenvalue weighted by Gasteiger charge is -2.37. The molecule has 0 spiro atoms. The van der Waals surface area contributed by atoms with Crippen LogP contribution in [0.2, 0.25) is 0 Å². The number of hydrogen-bond acceptors (Lipinski definition) is 9. The molecule has 240 valence electrons. The molecular formula is C37H36FN5O4. The molecule has 0 unspecified atom stereocenters. The lowest BCUT2D eigenvalue weighted by Crippen LogP contribution is -2.44. The van der Waals surface area contributed by atoms with Crippen LogP contribution >= 0.6 is 0 Å². The standard InChI is InChI=1S/C37H36FN5O4/c1-42(21-25-12-11-19-29(38)20-25)34-31-35(40-23-39-34)43(24-41-31)36-33(45)32(44)30(47-36)22-46-37(26-13-5-2-6-14-26,27-15-7-3-8-16-27)28-17-9-4-10-18-28/h2-20,23,30,32-33,36,41,44-45H,21-22,24H2,1H3/t30-,32-,33-,36-/m1/s1.